The lowest BCUT2D eigenvalue weighted by Crippen LogP contribution is -2.42. The summed E-state index contributed by atoms with van der Waals surface area (Å²) in [5.41, 5.74) is 7.21. The van der Waals surface area contributed by atoms with Crippen LogP contribution in [0.25, 0.3) is 0 Å². The lowest BCUT2D eigenvalue weighted by molar-refractivity contribution is 0.0127. The van der Waals surface area contributed by atoms with Gasteiger partial charge in [0.25, 0.3) is 0 Å². The molecule has 2 unspecified atom stereocenters. The van der Waals surface area contributed by atoms with Crippen molar-refractivity contribution < 1.29 is 9.13 Å². The summed E-state index contributed by atoms with van der Waals surface area (Å²) in [4.78, 5) is 0. The summed E-state index contributed by atoms with van der Waals surface area (Å²) in [6, 6.07) is 4.60. The molecule has 0 spiro atoms. The van der Waals surface area contributed by atoms with E-state index in [1.807, 2.05) is 6.92 Å². The van der Waals surface area contributed by atoms with Crippen molar-refractivity contribution in [3.63, 3.8) is 0 Å². The summed E-state index contributed by atoms with van der Waals surface area (Å²) in [6.45, 7) is 6.82. The fourth-order valence-corrected chi connectivity index (χ4v) is 2.57. The van der Waals surface area contributed by atoms with Gasteiger partial charge in [-0.05, 0) is 37.0 Å². The van der Waals surface area contributed by atoms with Crippen LogP contribution < -0.4 is 5.73 Å². The third-order valence-corrected chi connectivity index (χ3v) is 3.65. The van der Waals surface area contributed by atoms with Crippen molar-refractivity contribution in [1.82, 2.24) is 0 Å². The Labute approximate surface area is 117 Å². The zero-order valence-corrected chi connectivity index (χ0v) is 12.7. The molecule has 0 saturated carbocycles. The summed E-state index contributed by atoms with van der Waals surface area (Å²) >= 11 is 3.36. The molecule has 2 atom stereocenters. The first-order valence-corrected chi connectivity index (χ1v) is 7.06. The van der Waals surface area contributed by atoms with Gasteiger partial charge < -0.3 is 10.5 Å². The van der Waals surface area contributed by atoms with Crippen LogP contribution in [-0.4, -0.2) is 18.8 Å². The molecule has 0 amide bonds. The lowest BCUT2D eigenvalue weighted by Gasteiger charge is -2.27. The molecule has 2 nitrogen and oxygen atoms in total. The van der Waals surface area contributed by atoms with Crippen LogP contribution >= 0.6 is 15.9 Å². The summed E-state index contributed by atoms with van der Waals surface area (Å²) in [5.74, 6) is 0.114. The second-order valence-corrected chi connectivity index (χ2v) is 5.62. The Balaban J connectivity index is 2.75. The van der Waals surface area contributed by atoms with Gasteiger partial charge in [0, 0.05) is 17.1 Å². The fraction of sp³-hybridized carbons (Fsp3) is 0.571. The molecule has 0 bridgehead atoms. The van der Waals surface area contributed by atoms with Crippen LogP contribution in [0.1, 0.15) is 26.3 Å². The van der Waals surface area contributed by atoms with E-state index in [2.05, 4.69) is 29.8 Å². The third kappa shape index (κ3) is 4.34. The smallest absolute Gasteiger partial charge is 0.124 e. The normalized spacial score (nSPS) is 14.8. The van der Waals surface area contributed by atoms with Crippen LogP contribution in [0.5, 0.6) is 0 Å². The maximum atomic E-state index is 13.0. The first-order chi connectivity index (χ1) is 8.45. The van der Waals surface area contributed by atoms with E-state index in [1.165, 1.54) is 12.1 Å². The van der Waals surface area contributed by atoms with Crippen molar-refractivity contribution in [2.45, 2.75) is 39.3 Å². The Bertz CT molecular complexity index is 384. The minimum atomic E-state index is -0.246. The summed E-state index contributed by atoms with van der Waals surface area (Å²) in [5, 5.41) is 0. The van der Waals surface area contributed by atoms with Crippen LogP contribution in [0.4, 0.5) is 4.39 Å². The van der Waals surface area contributed by atoms with Gasteiger partial charge in [-0.15, -0.1) is 0 Å². The molecule has 102 valence electrons. The van der Waals surface area contributed by atoms with Crippen molar-refractivity contribution in [3.05, 3.63) is 34.1 Å². The standard InChI is InChI=1S/C14H21BrFNO/c1-4-18-14(9(2)3)13(17)7-10-5-6-11(16)8-12(10)15/h5-6,8-9,13-14H,4,7,17H2,1-3H3. The highest BCUT2D eigenvalue weighted by Crippen LogP contribution is 2.21. The van der Waals surface area contributed by atoms with Gasteiger partial charge >= 0.3 is 0 Å². The number of rotatable bonds is 6. The minimum Gasteiger partial charge on any atom is -0.377 e. The van der Waals surface area contributed by atoms with E-state index in [9.17, 15) is 4.39 Å². The average molecular weight is 318 g/mol. The van der Waals surface area contributed by atoms with Gasteiger partial charge in [0.1, 0.15) is 5.82 Å². The number of hydrogen-bond acceptors (Lipinski definition) is 2. The number of ether oxygens (including phenoxy) is 1. The van der Waals surface area contributed by atoms with E-state index >= 15 is 0 Å². The topological polar surface area (TPSA) is 35.2 Å². The number of benzene rings is 1. The van der Waals surface area contributed by atoms with E-state index in [-0.39, 0.29) is 18.0 Å². The Morgan fingerprint density at radius 2 is 2.06 bits per heavy atom. The van der Waals surface area contributed by atoms with E-state index in [0.717, 1.165) is 10.0 Å². The minimum absolute atomic E-state index is 0.0203. The molecule has 0 fully saturated rings. The number of nitrogens with two attached hydrogens (primary N) is 1. The molecule has 4 heteroatoms. The van der Waals surface area contributed by atoms with E-state index < -0.39 is 0 Å². The molecule has 0 aliphatic rings. The van der Waals surface area contributed by atoms with Gasteiger partial charge in [-0.1, -0.05) is 35.8 Å². The predicted molar refractivity (Wildman–Crippen MR) is 76.0 cm³/mol. The summed E-state index contributed by atoms with van der Waals surface area (Å²) in [6.07, 6.45) is 0.691. The lowest BCUT2D eigenvalue weighted by atomic mass is 9.94. The van der Waals surface area contributed by atoms with Crippen LogP contribution in [0.2, 0.25) is 0 Å². The molecular weight excluding hydrogens is 297 g/mol. The highest BCUT2D eigenvalue weighted by Gasteiger charge is 2.22. The molecule has 0 aliphatic heterocycles. The number of hydrogen-bond donors (Lipinski definition) is 1. The quantitative estimate of drug-likeness (QED) is 0.871. The molecule has 2 N–H and O–H groups in total. The second kappa shape index (κ2) is 7.22. The second-order valence-electron chi connectivity index (χ2n) is 4.77. The van der Waals surface area contributed by atoms with Gasteiger partial charge in [0.05, 0.1) is 6.10 Å². The molecule has 1 aromatic rings. The van der Waals surface area contributed by atoms with E-state index in [0.29, 0.717) is 18.9 Å². The van der Waals surface area contributed by atoms with Crippen LogP contribution in [0, 0.1) is 11.7 Å². The SMILES string of the molecule is CCOC(C(C)C)C(N)Cc1ccc(F)cc1Br. The maximum Gasteiger partial charge on any atom is 0.124 e. The van der Waals surface area contributed by atoms with Gasteiger partial charge in [0.2, 0.25) is 0 Å². The Hall–Kier alpha value is -0.450. The molecule has 1 rings (SSSR count). The molecule has 0 saturated heterocycles. The maximum absolute atomic E-state index is 13.0. The fourth-order valence-electron chi connectivity index (χ4n) is 2.06. The van der Waals surface area contributed by atoms with Crippen molar-refractivity contribution in [3.8, 4) is 0 Å². The van der Waals surface area contributed by atoms with Gasteiger partial charge in [0.15, 0.2) is 0 Å². The van der Waals surface area contributed by atoms with E-state index in [1.54, 1.807) is 6.07 Å². The zero-order chi connectivity index (χ0) is 13.7. The Morgan fingerprint density at radius 1 is 1.39 bits per heavy atom. The van der Waals surface area contributed by atoms with Crippen molar-refractivity contribution in [2.24, 2.45) is 11.7 Å². The first-order valence-electron chi connectivity index (χ1n) is 6.26. The molecule has 1 aromatic carbocycles. The van der Waals surface area contributed by atoms with Crippen LogP contribution in [0.3, 0.4) is 0 Å². The molecule has 0 aromatic heterocycles. The van der Waals surface area contributed by atoms with E-state index in [4.69, 9.17) is 10.5 Å². The van der Waals surface area contributed by atoms with Gasteiger partial charge in [-0.2, -0.15) is 0 Å². The van der Waals surface area contributed by atoms with Crippen LogP contribution in [-0.2, 0) is 11.2 Å². The molecule has 18 heavy (non-hydrogen) atoms. The Kier molecular flexibility index (Phi) is 6.26. The predicted octanol–water partition coefficient (Wildman–Crippen LogP) is 3.52. The van der Waals surface area contributed by atoms with Gasteiger partial charge in [-0.25, -0.2) is 4.39 Å². The summed E-state index contributed by atoms with van der Waals surface area (Å²) < 4.78 is 19.5. The first kappa shape index (κ1) is 15.6. The summed E-state index contributed by atoms with van der Waals surface area (Å²) in [7, 11) is 0. The monoisotopic (exact) mass is 317 g/mol. The van der Waals surface area contributed by atoms with Gasteiger partial charge in [-0.3, -0.25) is 0 Å². The molecule has 0 heterocycles. The van der Waals surface area contributed by atoms with Crippen molar-refractivity contribution >= 4 is 15.9 Å². The number of halogens is 2. The molecule has 0 aliphatic carbocycles. The Morgan fingerprint density at radius 3 is 2.56 bits per heavy atom. The highest BCUT2D eigenvalue weighted by molar-refractivity contribution is 9.10. The van der Waals surface area contributed by atoms with Crippen molar-refractivity contribution in [1.29, 1.82) is 0 Å². The largest absolute Gasteiger partial charge is 0.377 e. The van der Waals surface area contributed by atoms with Crippen LogP contribution in [0.15, 0.2) is 22.7 Å². The third-order valence-electron chi connectivity index (χ3n) is 2.91. The molecular formula is C14H21BrFNO. The highest BCUT2D eigenvalue weighted by atomic mass is 79.9. The molecule has 0 radical (unpaired) electrons. The van der Waals surface area contributed by atoms with Crippen molar-refractivity contribution in [2.75, 3.05) is 6.61 Å². The zero-order valence-electron chi connectivity index (χ0n) is 11.1. The average Bonchev–Trinajstić information content (AvgIpc) is 2.29.